The summed E-state index contributed by atoms with van der Waals surface area (Å²) >= 11 is 0. The van der Waals surface area contributed by atoms with Gasteiger partial charge in [0.15, 0.2) is 0 Å². The van der Waals surface area contributed by atoms with Crippen molar-refractivity contribution >= 4 is 21.3 Å². The van der Waals surface area contributed by atoms with E-state index in [-0.39, 0.29) is 29.5 Å². The number of nitrogens with two attached hydrogens (primary N) is 1. The van der Waals surface area contributed by atoms with Gasteiger partial charge in [0.25, 0.3) is 0 Å². The lowest BCUT2D eigenvalue weighted by Gasteiger charge is -2.01. The van der Waals surface area contributed by atoms with Crippen LogP contribution in [0.2, 0.25) is 0 Å². The third-order valence-electron chi connectivity index (χ3n) is 1.99. The fraction of sp³-hybridized carbons (Fsp3) is 0.571. The minimum atomic E-state index is -3.15. The first-order valence-electron chi connectivity index (χ1n) is 4.37. The SMILES string of the molecule is Cc1nn(CCS(C)(=O)=O)c(N)c1[N+](=O)[O-]. The molecule has 16 heavy (non-hydrogen) atoms. The maximum atomic E-state index is 10.9. The van der Waals surface area contributed by atoms with Crippen LogP contribution >= 0.6 is 0 Å². The minimum Gasteiger partial charge on any atom is -0.378 e. The molecule has 0 aliphatic rings. The van der Waals surface area contributed by atoms with Gasteiger partial charge in [-0.1, -0.05) is 0 Å². The van der Waals surface area contributed by atoms with Gasteiger partial charge in [0.1, 0.15) is 15.5 Å². The standard InChI is InChI=1S/C7H12N4O4S/c1-5-6(11(12)13)7(8)10(9-5)3-4-16(2,14)15/h3-4,8H2,1-2H3. The van der Waals surface area contributed by atoms with Crippen LogP contribution in [-0.2, 0) is 16.4 Å². The van der Waals surface area contributed by atoms with Gasteiger partial charge in [-0.05, 0) is 6.92 Å². The van der Waals surface area contributed by atoms with Crippen molar-refractivity contribution in [2.45, 2.75) is 13.5 Å². The maximum absolute atomic E-state index is 10.9. The summed E-state index contributed by atoms with van der Waals surface area (Å²) in [6.45, 7) is 1.46. The molecule has 0 spiro atoms. The third-order valence-corrected chi connectivity index (χ3v) is 2.91. The molecule has 1 aromatic rings. The van der Waals surface area contributed by atoms with Gasteiger partial charge >= 0.3 is 5.69 Å². The Morgan fingerprint density at radius 1 is 1.56 bits per heavy atom. The average molecular weight is 248 g/mol. The molecule has 1 aromatic heterocycles. The summed E-state index contributed by atoms with van der Waals surface area (Å²) in [4.78, 5) is 9.98. The Bertz CT molecular complexity index is 519. The molecule has 0 aliphatic carbocycles. The van der Waals surface area contributed by atoms with E-state index in [9.17, 15) is 18.5 Å². The summed E-state index contributed by atoms with van der Waals surface area (Å²) in [6.07, 6.45) is 1.08. The Morgan fingerprint density at radius 3 is 2.50 bits per heavy atom. The molecule has 1 rings (SSSR count). The van der Waals surface area contributed by atoms with E-state index < -0.39 is 14.8 Å². The highest BCUT2D eigenvalue weighted by molar-refractivity contribution is 7.90. The molecule has 0 atom stereocenters. The Morgan fingerprint density at radius 2 is 2.12 bits per heavy atom. The molecular weight excluding hydrogens is 236 g/mol. The van der Waals surface area contributed by atoms with Crippen LogP contribution in [0.15, 0.2) is 0 Å². The van der Waals surface area contributed by atoms with Crippen molar-refractivity contribution in [1.82, 2.24) is 9.78 Å². The largest absolute Gasteiger partial charge is 0.378 e. The lowest BCUT2D eigenvalue weighted by molar-refractivity contribution is -0.384. The number of hydrogen-bond donors (Lipinski definition) is 1. The van der Waals surface area contributed by atoms with Gasteiger partial charge in [0.2, 0.25) is 5.82 Å². The zero-order chi connectivity index (χ0) is 12.5. The maximum Gasteiger partial charge on any atom is 0.333 e. The van der Waals surface area contributed by atoms with E-state index in [1.165, 1.54) is 6.92 Å². The van der Waals surface area contributed by atoms with Crippen LogP contribution in [-0.4, -0.2) is 35.1 Å². The molecule has 0 aliphatic heterocycles. The molecule has 0 bridgehead atoms. The van der Waals surface area contributed by atoms with E-state index in [4.69, 9.17) is 5.73 Å². The van der Waals surface area contributed by atoms with Crippen LogP contribution in [0.25, 0.3) is 0 Å². The summed E-state index contributed by atoms with van der Waals surface area (Å²) in [7, 11) is -3.15. The van der Waals surface area contributed by atoms with Crippen molar-refractivity contribution < 1.29 is 13.3 Å². The Kier molecular flexibility index (Phi) is 3.17. The van der Waals surface area contributed by atoms with Crippen molar-refractivity contribution in [3.8, 4) is 0 Å². The molecule has 0 saturated carbocycles. The van der Waals surface area contributed by atoms with Crippen LogP contribution < -0.4 is 5.73 Å². The molecular formula is C7H12N4O4S. The summed E-state index contributed by atoms with van der Waals surface area (Å²) in [5.41, 5.74) is 5.41. The summed E-state index contributed by atoms with van der Waals surface area (Å²) < 4.78 is 23.0. The zero-order valence-electron chi connectivity index (χ0n) is 8.87. The number of nitrogen functional groups attached to an aromatic ring is 1. The number of nitro groups is 1. The molecule has 9 heteroatoms. The van der Waals surface area contributed by atoms with Gasteiger partial charge in [-0.25, -0.2) is 13.1 Å². The van der Waals surface area contributed by atoms with Gasteiger partial charge in [0, 0.05) is 6.26 Å². The number of sulfone groups is 1. The van der Waals surface area contributed by atoms with Crippen molar-refractivity contribution in [2.24, 2.45) is 0 Å². The van der Waals surface area contributed by atoms with E-state index in [1.54, 1.807) is 0 Å². The Hall–Kier alpha value is -1.64. The van der Waals surface area contributed by atoms with Crippen molar-refractivity contribution in [3.05, 3.63) is 15.8 Å². The second-order valence-corrected chi connectivity index (χ2v) is 5.69. The average Bonchev–Trinajstić information content (AvgIpc) is 2.36. The zero-order valence-corrected chi connectivity index (χ0v) is 9.69. The van der Waals surface area contributed by atoms with Gasteiger partial charge in [-0.15, -0.1) is 0 Å². The van der Waals surface area contributed by atoms with E-state index >= 15 is 0 Å². The third kappa shape index (κ3) is 2.69. The second kappa shape index (κ2) is 4.08. The van der Waals surface area contributed by atoms with E-state index in [0.29, 0.717) is 0 Å². The summed E-state index contributed by atoms with van der Waals surface area (Å²) in [5, 5.41) is 14.4. The molecule has 1 heterocycles. The number of hydrogen-bond acceptors (Lipinski definition) is 6. The molecule has 0 aromatic carbocycles. The molecule has 8 nitrogen and oxygen atoms in total. The fourth-order valence-electron chi connectivity index (χ4n) is 1.24. The highest BCUT2D eigenvalue weighted by Crippen LogP contribution is 2.24. The molecule has 0 radical (unpaired) electrons. The quantitative estimate of drug-likeness (QED) is 0.578. The second-order valence-electron chi connectivity index (χ2n) is 3.43. The highest BCUT2D eigenvalue weighted by atomic mass is 32.2. The first-order valence-corrected chi connectivity index (χ1v) is 6.43. The molecule has 0 fully saturated rings. The van der Waals surface area contributed by atoms with Crippen molar-refractivity contribution in [1.29, 1.82) is 0 Å². The van der Waals surface area contributed by atoms with Crippen LogP contribution in [0, 0.1) is 17.0 Å². The molecule has 90 valence electrons. The molecule has 0 amide bonds. The highest BCUT2D eigenvalue weighted by Gasteiger charge is 2.23. The van der Waals surface area contributed by atoms with E-state index in [0.717, 1.165) is 10.9 Å². The first-order chi connectivity index (χ1) is 7.22. The number of nitrogens with zero attached hydrogens (tertiary/aromatic N) is 3. The molecule has 0 saturated heterocycles. The summed E-state index contributed by atoms with van der Waals surface area (Å²) in [6, 6.07) is 0. The fourth-order valence-corrected chi connectivity index (χ4v) is 1.74. The van der Waals surface area contributed by atoms with Crippen LogP contribution in [0.1, 0.15) is 5.69 Å². The van der Waals surface area contributed by atoms with E-state index in [1.807, 2.05) is 0 Å². The number of aromatic nitrogens is 2. The lowest BCUT2D eigenvalue weighted by atomic mass is 10.4. The Labute approximate surface area is 92.1 Å². The van der Waals surface area contributed by atoms with Crippen LogP contribution in [0.3, 0.4) is 0 Å². The van der Waals surface area contributed by atoms with Crippen molar-refractivity contribution in [3.63, 3.8) is 0 Å². The van der Waals surface area contributed by atoms with Crippen molar-refractivity contribution in [2.75, 3.05) is 17.7 Å². The first kappa shape index (κ1) is 12.4. The number of aryl methyl sites for hydroxylation is 2. The lowest BCUT2D eigenvalue weighted by Crippen LogP contribution is -2.14. The predicted octanol–water partition coefficient (Wildman–Crippen LogP) is -0.273. The molecule has 0 unspecified atom stereocenters. The molecule has 2 N–H and O–H groups in total. The van der Waals surface area contributed by atoms with Gasteiger partial charge < -0.3 is 5.73 Å². The van der Waals surface area contributed by atoms with Gasteiger partial charge in [0.05, 0.1) is 17.2 Å². The number of anilines is 1. The smallest absolute Gasteiger partial charge is 0.333 e. The van der Waals surface area contributed by atoms with Crippen LogP contribution in [0.5, 0.6) is 0 Å². The monoisotopic (exact) mass is 248 g/mol. The Balaban J connectivity index is 3.00. The van der Waals surface area contributed by atoms with Gasteiger partial charge in [-0.3, -0.25) is 10.1 Å². The van der Waals surface area contributed by atoms with Crippen LogP contribution in [0.4, 0.5) is 11.5 Å². The topological polar surface area (TPSA) is 121 Å². The summed E-state index contributed by atoms with van der Waals surface area (Å²) in [5.74, 6) is -0.277. The minimum absolute atomic E-state index is 0.0132. The predicted molar refractivity (Wildman–Crippen MR) is 57.7 cm³/mol. The van der Waals surface area contributed by atoms with Gasteiger partial charge in [-0.2, -0.15) is 5.10 Å². The normalized spacial score (nSPS) is 11.6. The van der Waals surface area contributed by atoms with E-state index in [2.05, 4.69) is 5.10 Å². The number of rotatable bonds is 4.